The Morgan fingerprint density at radius 3 is 2.50 bits per heavy atom. The van der Waals surface area contributed by atoms with Gasteiger partial charge in [0.2, 0.25) is 10.0 Å². The average molecular weight is 399 g/mol. The molecule has 0 fully saturated rings. The van der Waals surface area contributed by atoms with Crippen LogP contribution in [-0.2, 0) is 16.6 Å². The number of nitrogens with zero attached hydrogens (tertiary/aromatic N) is 2. The summed E-state index contributed by atoms with van der Waals surface area (Å²) in [7, 11) is -2.05. The number of benzene rings is 2. The lowest BCUT2D eigenvalue weighted by molar-refractivity contribution is 0.415. The third-order valence-electron chi connectivity index (χ3n) is 4.17. The standard InChI is InChI=1S/C20H21N3O4S/c1-15-4-3-5-18(14-15)28(25,26)21-12-13-23-20(24)11-10-19(22-23)16-6-8-17(27-2)9-7-16/h3-11,14,21H,12-13H2,1-2H3. The summed E-state index contributed by atoms with van der Waals surface area (Å²) in [5.41, 5.74) is 2.00. The molecule has 28 heavy (non-hydrogen) atoms. The van der Waals surface area contributed by atoms with Crippen molar-refractivity contribution in [3.8, 4) is 17.0 Å². The van der Waals surface area contributed by atoms with Crippen LogP contribution in [0.2, 0.25) is 0 Å². The maximum absolute atomic E-state index is 12.4. The van der Waals surface area contributed by atoms with Gasteiger partial charge >= 0.3 is 0 Å². The number of sulfonamides is 1. The van der Waals surface area contributed by atoms with E-state index >= 15 is 0 Å². The fraction of sp³-hybridized carbons (Fsp3) is 0.200. The lowest BCUT2D eigenvalue weighted by Crippen LogP contribution is -2.32. The van der Waals surface area contributed by atoms with Crippen molar-refractivity contribution in [2.75, 3.05) is 13.7 Å². The second-order valence-electron chi connectivity index (χ2n) is 6.22. The van der Waals surface area contributed by atoms with Crippen LogP contribution in [0.1, 0.15) is 5.56 Å². The Balaban J connectivity index is 1.73. The highest BCUT2D eigenvalue weighted by molar-refractivity contribution is 7.89. The first-order valence-electron chi connectivity index (χ1n) is 8.68. The van der Waals surface area contributed by atoms with Gasteiger partial charge in [-0.25, -0.2) is 17.8 Å². The van der Waals surface area contributed by atoms with E-state index in [2.05, 4.69) is 9.82 Å². The topological polar surface area (TPSA) is 90.3 Å². The molecule has 3 aromatic rings. The van der Waals surface area contributed by atoms with Crippen molar-refractivity contribution in [3.05, 3.63) is 76.6 Å². The molecule has 0 unspecified atom stereocenters. The van der Waals surface area contributed by atoms with Crippen molar-refractivity contribution >= 4 is 10.0 Å². The number of rotatable bonds is 7. The van der Waals surface area contributed by atoms with E-state index in [1.54, 1.807) is 25.3 Å². The Morgan fingerprint density at radius 2 is 1.82 bits per heavy atom. The van der Waals surface area contributed by atoms with Gasteiger partial charge in [-0.2, -0.15) is 5.10 Å². The second kappa shape index (κ2) is 8.37. The number of methoxy groups -OCH3 is 1. The quantitative estimate of drug-likeness (QED) is 0.658. The van der Waals surface area contributed by atoms with E-state index in [-0.39, 0.29) is 23.5 Å². The number of aromatic nitrogens is 2. The van der Waals surface area contributed by atoms with E-state index in [0.29, 0.717) is 5.69 Å². The number of nitrogens with one attached hydrogen (secondary N) is 1. The van der Waals surface area contributed by atoms with Crippen LogP contribution in [0, 0.1) is 6.92 Å². The molecule has 1 N–H and O–H groups in total. The zero-order valence-corrected chi connectivity index (χ0v) is 16.4. The molecule has 0 saturated carbocycles. The predicted octanol–water partition coefficient (Wildman–Crippen LogP) is 2.21. The van der Waals surface area contributed by atoms with Crippen LogP contribution in [0.25, 0.3) is 11.3 Å². The molecule has 7 nitrogen and oxygen atoms in total. The third-order valence-corrected chi connectivity index (χ3v) is 5.63. The largest absolute Gasteiger partial charge is 0.497 e. The average Bonchev–Trinajstić information content (AvgIpc) is 2.69. The van der Waals surface area contributed by atoms with E-state index in [9.17, 15) is 13.2 Å². The van der Waals surface area contributed by atoms with Gasteiger partial charge in [0.05, 0.1) is 24.2 Å². The van der Waals surface area contributed by atoms with E-state index in [1.165, 1.54) is 16.8 Å². The second-order valence-corrected chi connectivity index (χ2v) is 7.99. The summed E-state index contributed by atoms with van der Waals surface area (Å²) in [6.45, 7) is 2.00. The molecule has 0 aliphatic rings. The molecule has 0 amide bonds. The van der Waals surface area contributed by atoms with Gasteiger partial charge in [0, 0.05) is 18.2 Å². The maximum atomic E-state index is 12.4. The molecule has 0 bridgehead atoms. The molecule has 3 rings (SSSR count). The summed E-state index contributed by atoms with van der Waals surface area (Å²) in [5.74, 6) is 0.725. The van der Waals surface area contributed by atoms with Gasteiger partial charge in [0.15, 0.2) is 0 Å². The summed E-state index contributed by atoms with van der Waals surface area (Å²) in [5, 5.41) is 4.33. The number of ether oxygens (including phenoxy) is 1. The Labute approximate surface area is 163 Å². The van der Waals surface area contributed by atoms with Crippen LogP contribution in [-0.4, -0.2) is 31.9 Å². The molecule has 2 aromatic carbocycles. The van der Waals surface area contributed by atoms with E-state index < -0.39 is 10.0 Å². The first kappa shape index (κ1) is 19.8. The number of hydrogen-bond acceptors (Lipinski definition) is 5. The Hall–Kier alpha value is -2.97. The van der Waals surface area contributed by atoms with Crippen LogP contribution < -0.4 is 15.0 Å². The van der Waals surface area contributed by atoms with Crippen molar-refractivity contribution in [2.45, 2.75) is 18.4 Å². The monoisotopic (exact) mass is 399 g/mol. The minimum Gasteiger partial charge on any atom is -0.497 e. The molecular formula is C20H21N3O4S. The van der Waals surface area contributed by atoms with Crippen molar-refractivity contribution < 1.29 is 13.2 Å². The lowest BCUT2D eigenvalue weighted by Gasteiger charge is -2.10. The van der Waals surface area contributed by atoms with Gasteiger partial charge in [-0.3, -0.25) is 4.79 Å². The van der Waals surface area contributed by atoms with Crippen LogP contribution >= 0.6 is 0 Å². The fourth-order valence-electron chi connectivity index (χ4n) is 2.68. The molecule has 0 radical (unpaired) electrons. The zero-order chi connectivity index (χ0) is 20.1. The summed E-state index contributed by atoms with van der Waals surface area (Å²) >= 11 is 0. The van der Waals surface area contributed by atoms with E-state index in [1.807, 2.05) is 37.3 Å². The molecule has 8 heteroatoms. The van der Waals surface area contributed by atoms with Gasteiger partial charge < -0.3 is 4.74 Å². The highest BCUT2D eigenvalue weighted by Gasteiger charge is 2.13. The smallest absolute Gasteiger partial charge is 0.266 e. The highest BCUT2D eigenvalue weighted by atomic mass is 32.2. The van der Waals surface area contributed by atoms with Gasteiger partial charge in [-0.1, -0.05) is 12.1 Å². The van der Waals surface area contributed by atoms with Gasteiger partial charge in [0.25, 0.3) is 5.56 Å². The Kier molecular flexibility index (Phi) is 5.91. The van der Waals surface area contributed by atoms with Gasteiger partial charge in [0.1, 0.15) is 5.75 Å². The molecule has 0 aliphatic heterocycles. The summed E-state index contributed by atoms with van der Waals surface area (Å²) in [4.78, 5) is 12.3. The summed E-state index contributed by atoms with van der Waals surface area (Å²) in [6, 6.07) is 17.0. The lowest BCUT2D eigenvalue weighted by atomic mass is 10.1. The Bertz CT molecular complexity index is 1120. The van der Waals surface area contributed by atoms with Crippen LogP contribution in [0.3, 0.4) is 0 Å². The van der Waals surface area contributed by atoms with Crippen LogP contribution in [0.15, 0.2) is 70.4 Å². The van der Waals surface area contributed by atoms with Crippen molar-refractivity contribution in [2.24, 2.45) is 0 Å². The fourth-order valence-corrected chi connectivity index (χ4v) is 3.80. The van der Waals surface area contributed by atoms with Crippen LogP contribution in [0.5, 0.6) is 5.75 Å². The highest BCUT2D eigenvalue weighted by Crippen LogP contribution is 2.19. The first-order chi connectivity index (χ1) is 13.4. The molecule has 0 atom stereocenters. The predicted molar refractivity (Wildman–Crippen MR) is 107 cm³/mol. The molecule has 0 aliphatic carbocycles. The van der Waals surface area contributed by atoms with Gasteiger partial charge in [-0.15, -0.1) is 0 Å². The molecule has 1 heterocycles. The minimum atomic E-state index is -3.64. The van der Waals surface area contributed by atoms with E-state index in [4.69, 9.17) is 4.74 Å². The number of hydrogen-bond donors (Lipinski definition) is 1. The minimum absolute atomic E-state index is 0.0508. The molecule has 0 spiro atoms. The first-order valence-corrected chi connectivity index (χ1v) is 10.2. The van der Waals surface area contributed by atoms with Crippen molar-refractivity contribution in [1.29, 1.82) is 0 Å². The zero-order valence-electron chi connectivity index (χ0n) is 15.6. The molecule has 146 valence electrons. The molecule has 0 saturated heterocycles. The SMILES string of the molecule is COc1ccc(-c2ccc(=O)n(CCNS(=O)(=O)c3cccc(C)c3)n2)cc1. The third kappa shape index (κ3) is 4.65. The van der Waals surface area contributed by atoms with Crippen molar-refractivity contribution in [3.63, 3.8) is 0 Å². The normalized spacial score (nSPS) is 11.4. The maximum Gasteiger partial charge on any atom is 0.266 e. The molecule has 1 aromatic heterocycles. The van der Waals surface area contributed by atoms with Crippen LogP contribution in [0.4, 0.5) is 0 Å². The van der Waals surface area contributed by atoms with Crippen molar-refractivity contribution in [1.82, 2.24) is 14.5 Å². The Morgan fingerprint density at radius 1 is 1.07 bits per heavy atom. The summed E-state index contributed by atoms with van der Waals surface area (Å²) in [6.07, 6.45) is 0. The molecular weight excluding hydrogens is 378 g/mol. The van der Waals surface area contributed by atoms with Gasteiger partial charge in [-0.05, 0) is 55.0 Å². The summed E-state index contributed by atoms with van der Waals surface area (Å²) < 4.78 is 33.6. The van der Waals surface area contributed by atoms with E-state index in [0.717, 1.165) is 16.9 Å². The number of aryl methyl sites for hydroxylation is 1.